The fourth-order valence-corrected chi connectivity index (χ4v) is 2.65. The van der Waals surface area contributed by atoms with E-state index in [0.29, 0.717) is 0 Å². The quantitative estimate of drug-likeness (QED) is 0.303. The first-order chi connectivity index (χ1) is 10.6. The molecular weight excluding hydrogens is 392 g/mol. The second kappa shape index (κ2) is 9.65. The Kier molecular flexibility index (Phi) is 9.57. The van der Waals surface area contributed by atoms with Gasteiger partial charge >= 0.3 is 59.1 Å². The number of allylic oxidation sites excluding steroid dienone is 2. The molecule has 2 rings (SSSR count). The Balaban J connectivity index is 0.00000288. The molecule has 0 unspecified atom stereocenters. The van der Waals surface area contributed by atoms with Crippen LogP contribution in [0.5, 0.6) is 0 Å². The average Bonchev–Trinajstić information content (AvgIpc) is 2.44. The largest absolute Gasteiger partial charge is 1.00 e. The predicted molar refractivity (Wildman–Crippen MR) is 76.8 cm³/mol. The maximum atomic E-state index is 11.0. The normalized spacial score (nSPS) is 15.4. The van der Waals surface area contributed by atoms with Gasteiger partial charge in [0.1, 0.15) is 25.5 Å². The van der Waals surface area contributed by atoms with E-state index in [4.69, 9.17) is 5.41 Å². The molecule has 0 spiro atoms. The third kappa shape index (κ3) is 7.13. The van der Waals surface area contributed by atoms with Gasteiger partial charge in [-0.05, 0) is 42.5 Å². The number of hydrogen-bond donors (Lipinski definition) is 1. The van der Waals surface area contributed by atoms with Gasteiger partial charge in [-0.2, -0.15) is 10.2 Å². The second-order valence-corrected chi connectivity index (χ2v) is 7.01. The molecule has 0 saturated heterocycles. The van der Waals surface area contributed by atoms with Gasteiger partial charge in [-0.1, -0.05) is 0 Å². The van der Waals surface area contributed by atoms with Gasteiger partial charge in [0, 0.05) is 0 Å². The van der Waals surface area contributed by atoms with Gasteiger partial charge in [-0.15, -0.1) is 0 Å². The van der Waals surface area contributed by atoms with Crippen LogP contribution >= 0.6 is 0 Å². The number of nitrogens with one attached hydrogen (secondary N) is 1. The molecule has 0 bridgehead atoms. The van der Waals surface area contributed by atoms with Gasteiger partial charge in [-0.3, -0.25) is 0 Å². The molecule has 0 heterocycles. The first-order valence-corrected chi connectivity index (χ1v) is 8.68. The van der Waals surface area contributed by atoms with E-state index in [1.807, 2.05) is 0 Å². The number of hydrogen-bond acceptors (Lipinski definition) is 9. The molecule has 0 atom stereocenters. The summed E-state index contributed by atoms with van der Waals surface area (Å²) >= 11 is 0. The van der Waals surface area contributed by atoms with Crippen LogP contribution < -0.4 is 59.1 Å². The summed E-state index contributed by atoms with van der Waals surface area (Å²) in [5.41, 5.74) is -0.223. The van der Waals surface area contributed by atoms with E-state index in [9.17, 15) is 25.9 Å². The maximum absolute atomic E-state index is 11.0. The average molecular weight is 400 g/mol. The molecule has 13 heteroatoms. The number of azo groups is 1. The molecule has 1 aromatic carbocycles. The number of benzene rings is 1. The Morgan fingerprint density at radius 1 is 0.840 bits per heavy atom. The van der Waals surface area contributed by atoms with Crippen molar-refractivity contribution >= 4 is 31.6 Å². The van der Waals surface area contributed by atoms with Crippen molar-refractivity contribution in [3.63, 3.8) is 0 Å². The van der Waals surface area contributed by atoms with E-state index in [2.05, 4.69) is 10.2 Å². The summed E-state index contributed by atoms with van der Waals surface area (Å²) in [6, 6.07) is 4.57. The zero-order chi connectivity index (χ0) is 17.3. The fourth-order valence-electron chi connectivity index (χ4n) is 1.58. The van der Waals surface area contributed by atoms with Crippen LogP contribution in [0.4, 0.5) is 5.69 Å². The summed E-state index contributed by atoms with van der Waals surface area (Å²) in [6.45, 7) is 0. The molecule has 0 aliphatic heterocycles. The second-order valence-electron chi connectivity index (χ2n) is 4.28. The zero-order valence-corrected chi connectivity index (χ0v) is 18.8. The topological polar surface area (TPSA) is 163 Å². The maximum Gasteiger partial charge on any atom is 1.00 e. The molecule has 25 heavy (non-hydrogen) atoms. The van der Waals surface area contributed by atoms with Crippen molar-refractivity contribution in [3.8, 4) is 0 Å². The van der Waals surface area contributed by atoms with Gasteiger partial charge in [0.25, 0.3) is 0 Å². The Morgan fingerprint density at radius 3 is 1.88 bits per heavy atom. The summed E-state index contributed by atoms with van der Waals surface area (Å²) in [7, 11) is -9.36. The minimum atomic E-state index is -4.80. The smallest absolute Gasteiger partial charge is 0.747 e. The molecule has 1 aliphatic carbocycles. The monoisotopic (exact) mass is 400 g/mol. The van der Waals surface area contributed by atoms with Crippen LogP contribution in [-0.2, 0) is 20.2 Å². The first kappa shape index (κ1) is 24.8. The van der Waals surface area contributed by atoms with Crippen molar-refractivity contribution in [3.05, 3.63) is 53.4 Å². The SMILES string of the molecule is N=C1C=CC(N=Nc2ccc(S(=O)(=O)[O-])cc2)=C[C]1S(=O)(=O)[O-].[Na+].[Na+]. The van der Waals surface area contributed by atoms with Crippen LogP contribution in [0.2, 0.25) is 0 Å². The molecule has 0 amide bonds. The molecule has 0 saturated carbocycles. The molecule has 1 aliphatic rings. The van der Waals surface area contributed by atoms with Gasteiger partial charge in [0.15, 0.2) is 0 Å². The van der Waals surface area contributed by atoms with Crippen molar-refractivity contribution in [1.29, 1.82) is 5.41 Å². The van der Waals surface area contributed by atoms with Gasteiger partial charge in [0.05, 0.1) is 22.0 Å². The molecular formula is C12H8N3Na2O6S2. The molecule has 1 radical (unpaired) electrons. The predicted octanol–water partition coefficient (Wildman–Crippen LogP) is -4.77. The van der Waals surface area contributed by atoms with Crippen molar-refractivity contribution in [2.75, 3.05) is 0 Å². The van der Waals surface area contributed by atoms with Crippen LogP contribution in [0.15, 0.2) is 63.3 Å². The van der Waals surface area contributed by atoms with Crippen molar-refractivity contribution in [2.24, 2.45) is 10.2 Å². The Labute approximate surface area is 188 Å². The van der Waals surface area contributed by atoms with Crippen molar-refractivity contribution in [2.45, 2.75) is 4.90 Å². The molecule has 121 valence electrons. The Hall–Kier alpha value is -0.210. The van der Waals surface area contributed by atoms with Crippen LogP contribution in [0, 0.1) is 10.7 Å². The van der Waals surface area contributed by atoms with E-state index in [0.717, 1.165) is 24.3 Å². The van der Waals surface area contributed by atoms with Crippen molar-refractivity contribution < 1.29 is 85.1 Å². The van der Waals surface area contributed by atoms with Crippen molar-refractivity contribution in [1.82, 2.24) is 0 Å². The van der Waals surface area contributed by atoms with Gasteiger partial charge < -0.3 is 14.5 Å². The molecule has 9 nitrogen and oxygen atoms in total. The summed E-state index contributed by atoms with van der Waals surface area (Å²) < 4.78 is 65.3. The van der Waals surface area contributed by atoms with Crippen LogP contribution in [0.3, 0.4) is 0 Å². The van der Waals surface area contributed by atoms with Crippen LogP contribution in [0.25, 0.3) is 0 Å². The third-order valence-corrected chi connectivity index (χ3v) is 4.37. The standard InChI is InChI=1S/C12H10N3O6S2.2Na/c13-11-6-3-9(7-12(11)23(19,20)21)15-14-8-1-4-10(5-2-8)22(16,17)18;;/h1-7,13H,(H,16,17,18)(H,19,20,21);;/q;2*+1/p-2. The molecule has 0 aromatic heterocycles. The Morgan fingerprint density at radius 2 is 1.40 bits per heavy atom. The van der Waals surface area contributed by atoms with Crippen LogP contribution in [0.1, 0.15) is 0 Å². The summed E-state index contributed by atoms with van der Waals surface area (Å²) in [6.07, 6.45) is 3.29. The zero-order valence-electron chi connectivity index (χ0n) is 13.2. The van der Waals surface area contributed by atoms with E-state index < -0.39 is 36.1 Å². The van der Waals surface area contributed by atoms with Gasteiger partial charge in [-0.25, -0.2) is 16.8 Å². The first-order valence-electron chi connectivity index (χ1n) is 5.86. The minimum absolute atomic E-state index is 0. The van der Waals surface area contributed by atoms with E-state index in [-0.39, 0.29) is 70.5 Å². The molecule has 1 aromatic rings. The summed E-state index contributed by atoms with van der Waals surface area (Å²) in [4.78, 5) is -0.422. The number of rotatable bonds is 4. The number of nitrogens with zero attached hydrogens (tertiary/aromatic N) is 2. The fraction of sp³-hybridized carbons (Fsp3) is 0. The molecule has 1 N–H and O–H groups in total. The van der Waals surface area contributed by atoms with E-state index in [1.54, 1.807) is 0 Å². The summed E-state index contributed by atoms with van der Waals surface area (Å²) in [5.74, 6) is 0. The third-order valence-electron chi connectivity index (χ3n) is 2.64. The minimum Gasteiger partial charge on any atom is -0.747 e. The summed E-state index contributed by atoms with van der Waals surface area (Å²) in [5, 5.41) is 14.1. The van der Waals surface area contributed by atoms with Gasteiger partial charge in [0.2, 0.25) is 0 Å². The Bertz CT molecular complexity index is 938. The van der Waals surface area contributed by atoms with E-state index >= 15 is 0 Å². The molecule has 0 fully saturated rings. The van der Waals surface area contributed by atoms with Crippen LogP contribution in [-0.4, -0.2) is 31.7 Å². The van der Waals surface area contributed by atoms with E-state index in [1.165, 1.54) is 18.2 Å².